The van der Waals surface area contributed by atoms with Crippen molar-refractivity contribution in [3.63, 3.8) is 0 Å². The van der Waals surface area contributed by atoms with E-state index in [1.807, 2.05) is 0 Å². The molecule has 0 aliphatic carbocycles. The molecule has 1 aromatic rings. The number of carbonyl (C=O) groups is 1. The number of amides is 1. The number of rotatable bonds is 1. The lowest BCUT2D eigenvalue weighted by Gasteiger charge is -2.27. The van der Waals surface area contributed by atoms with Crippen LogP contribution < -0.4 is 5.32 Å². The van der Waals surface area contributed by atoms with E-state index in [-0.39, 0.29) is 17.9 Å². The third-order valence-corrected chi connectivity index (χ3v) is 3.07. The number of hydrogen-bond acceptors (Lipinski definition) is 1. The topological polar surface area (TPSA) is 29.1 Å². The molecule has 2 nitrogen and oxygen atoms in total. The second kappa shape index (κ2) is 3.54. The van der Waals surface area contributed by atoms with Crippen LogP contribution in [0, 0.1) is 11.6 Å². The van der Waals surface area contributed by atoms with Crippen molar-refractivity contribution < 1.29 is 13.6 Å². The van der Waals surface area contributed by atoms with E-state index in [4.69, 9.17) is 0 Å². The van der Waals surface area contributed by atoms with Crippen molar-refractivity contribution in [1.82, 2.24) is 5.32 Å². The van der Waals surface area contributed by atoms with Gasteiger partial charge in [0.1, 0.15) is 11.6 Å². The number of carbonyl (C=O) groups excluding carboxylic acids is 1. The van der Waals surface area contributed by atoms with Gasteiger partial charge in [-0.3, -0.25) is 4.79 Å². The van der Waals surface area contributed by atoms with E-state index in [2.05, 4.69) is 5.32 Å². The Bertz CT molecular complexity index is 422. The molecule has 1 amide bonds. The van der Waals surface area contributed by atoms with E-state index in [0.29, 0.717) is 0 Å². The first-order valence-electron chi connectivity index (χ1n) is 5.17. The fourth-order valence-corrected chi connectivity index (χ4v) is 2.24. The Morgan fingerprint density at radius 3 is 2.31 bits per heavy atom. The second-order valence-corrected chi connectivity index (χ2v) is 4.66. The van der Waals surface area contributed by atoms with Gasteiger partial charge in [-0.05, 0) is 26.0 Å². The van der Waals surface area contributed by atoms with Crippen molar-refractivity contribution in [3.8, 4) is 0 Å². The highest BCUT2D eigenvalue weighted by molar-refractivity contribution is 5.81. The Labute approximate surface area is 92.7 Å². The van der Waals surface area contributed by atoms with E-state index >= 15 is 0 Å². The highest BCUT2D eigenvalue weighted by atomic mass is 19.1. The summed E-state index contributed by atoms with van der Waals surface area (Å²) in [7, 11) is 0. The molecular weight excluding hydrogens is 212 g/mol. The van der Waals surface area contributed by atoms with E-state index in [0.717, 1.165) is 0 Å². The monoisotopic (exact) mass is 225 g/mol. The first-order valence-corrected chi connectivity index (χ1v) is 5.17. The van der Waals surface area contributed by atoms with Crippen LogP contribution in [-0.4, -0.2) is 11.4 Å². The lowest BCUT2D eigenvalue weighted by Crippen LogP contribution is -2.39. The van der Waals surface area contributed by atoms with E-state index in [1.165, 1.54) is 18.2 Å². The number of nitrogens with one attached hydrogen (secondary N) is 1. The largest absolute Gasteiger partial charge is 0.351 e. The molecule has 1 fully saturated rings. The summed E-state index contributed by atoms with van der Waals surface area (Å²) in [5, 5.41) is 2.72. The molecule has 1 heterocycles. The van der Waals surface area contributed by atoms with E-state index in [9.17, 15) is 13.6 Å². The minimum Gasteiger partial charge on any atom is -0.351 e. The molecule has 0 aromatic heterocycles. The maximum atomic E-state index is 13.6. The van der Waals surface area contributed by atoms with Gasteiger partial charge in [0.05, 0.1) is 0 Å². The molecule has 1 N–H and O–H groups in total. The van der Waals surface area contributed by atoms with Crippen molar-refractivity contribution in [2.45, 2.75) is 31.7 Å². The zero-order valence-corrected chi connectivity index (χ0v) is 9.18. The summed E-state index contributed by atoms with van der Waals surface area (Å²) in [6, 6.07) is 3.76. The normalized spacial score (nSPS) is 23.2. The number of benzene rings is 1. The summed E-state index contributed by atoms with van der Waals surface area (Å²) >= 11 is 0. The summed E-state index contributed by atoms with van der Waals surface area (Å²) in [6.45, 7) is 3.54. The van der Waals surface area contributed by atoms with Gasteiger partial charge in [-0.25, -0.2) is 8.78 Å². The van der Waals surface area contributed by atoms with Gasteiger partial charge in [-0.2, -0.15) is 0 Å². The third kappa shape index (κ3) is 1.68. The minimum absolute atomic E-state index is 0.00542. The molecule has 1 unspecified atom stereocenters. The standard InChI is InChI=1S/C12H13F2NO/c1-12(2)7(6-10(16)15-12)11-8(13)4-3-5-9(11)14/h3-5,7H,6H2,1-2H3,(H,15,16). The fraction of sp³-hybridized carbons (Fsp3) is 0.417. The van der Waals surface area contributed by atoms with Crippen LogP contribution in [0.25, 0.3) is 0 Å². The van der Waals surface area contributed by atoms with Gasteiger partial charge in [-0.1, -0.05) is 6.07 Å². The molecule has 1 saturated heterocycles. The third-order valence-electron chi connectivity index (χ3n) is 3.07. The SMILES string of the molecule is CC1(C)NC(=O)CC1c1c(F)cccc1F. The van der Waals surface area contributed by atoms with Gasteiger partial charge < -0.3 is 5.32 Å². The zero-order valence-electron chi connectivity index (χ0n) is 9.18. The van der Waals surface area contributed by atoms with Crippen LogP contribution in [0.4, 0.5) is 8.78 Å². The van der Waals surface area contributed by atoms with Crippen LogP contribution in [0.1, 0.15) is 31.7 Å². The Hall–Kier alpha value is -1.45. The van der Waals surface area contributed by atoms with Crippen LogP contribution in [0.15, 0.2) is 18.2 Å². The van der Waals surface area contributed by atoms with Crippen LogP contribution >= 0.6 is 0 Å². The predicted octanol–water partition coefficient (Wildman–Crippen LogP) is 2.35. The Balaban J connectivity index is 2.49. The van der Waals surface area contributed by atoms with Crippen LogP contribution in [0.5, 0.6) is 0 Å². The number of halogens is 2. The molecule has 4 heteroatoms. The van der Waals surface area contributed by atoms with Crippen molar-refractivity contribution in [2.24, 2.45) is 0 Å². The lowest BCUT2D eigenvalue weighted by atomic mass is 9.83. The highest BCUT2D eigenvalue weighted by Crippen LogP contribution is 2.38. The molecule has 1 aliphatic heterocycles. The lowest BCUT2D eigenvalue weighted by molar-refractivity contribution is -0.119. The average molecular weight is 225 g/mol. The highest BCUT2D eigenvalue weighted by Gasteiger charge is 2.42. The summed E-state index contributed by atoms with van der Waals surface area (Å²) in [6.07, 6.45) is 0.130. The second-order valence-electron chi connectivity index (χ2n) is 4.66. The summed E-state index contributed by atoms with van der Waals surface area (Å²) in [5.41, 5.74) is -0.606. The van der Waals surface area contributed by atoms with E-state index in [1.54, 1.807) is 13.8 Å². The van der Waals surface area contributed by atoms with Gasteiger partial charge in [0, 0.05) is 23.4 Å². The molecule has 1 aliphatic rings. The quantitative estimate of drug-likeness (QED) is 0.781. The van der Waals surface area contributed by atoms with Gasteiger partial charge in [-0.15, -0.1) is 0 Å². The van der Waals surface area contributed by atoms with Gasteiger partial charge in [0.25, 0.3) is 0 Å². The van der Waals surface area contributed by atoms with Crippen LogP contribution in [0.3, 0.4) is 0 Å². The van der Waals surface area contributed by atoms with Crippen molar-refractivity contribution in [1.29, 1.82) is 0 Å². The maximum absolute atomic E-state index is 13.6. The summed E-state index contributed by atoms with van der Waals surface area (Å²) in [5.74, 6) is -1.80. The van der Waals surface area contributed by atoms with Gasteiger partial charge >= 0.3 is 0 Å². The molecular formula is C12H13F2NO. The van der Waals surface area contributed by atoms with Gasteiger partial charge in [0.2, 0.25) is 5.91 Å². The van der Waals surface area contributed by atoms with Crippen molar-refractivity contribution in [3.05, 3.63) is 35.4 Å². The summed E-state index contributed by atoms with van der Waals surface area (Å²) < 4.78 is 27.2. The van der Waals surface area contributed by atoms with Crippen LogP contribution in [0.2, 0.25) is 0 Å². The molecule has 86 valence electrons. The number of hydrogen-bond donors (Lipinski definition) is 1. The molecule has 1 atom stereocenters. The van der Waals surface area contributed by atoms with Crippen molar-refractivity contribution >= 4 is 5.91 Å². The van der Waals surface area contributed by atoms with Crippen molar-refractivity contribution in [2.75, 3.05) is 0 Å². The minimum atomic E-state index is -0.611. The molecule has 2 rings (SSSR count). The average Bonchev–Trinajstić information content (AvgIpc) is 2.39. The predicted molar refractivity (Wildman–Crippen MR) is 55.9 cm³/mol. The molecule has 0 radical (unpaired) electrons. The van der Waals surface area contributed by atoms with Crippen LogP contribution in [-0.2, 0) is 4.79 Å². The van der Waals surface area contributed by atoms with E-state index < -0.39 is 23.1 Å². The maximum Gasteiger partial charge on any atom is 0.221 e. The smallest absolute Gasteiger partial charge is 0.221 e. The molecule has 1 aromatic carbocycles. The fourth-order valence-electron chi connectivity index (χ4n) is 2.24. The molecule has 0 spiro atoms. The molecule has 0 bridgehead atoms. The zero-order chi connectivity index (χ0) is 11.9. The molecule has 0 saturated carbocycles. The Morgan fingerprint density at radius 2 is 1.88 bits per heavy atom. The molecule has 16 heavy (non-hydrogen) atoms. The Morgan fingerprint density at radius 1 is 1.31 bits per heavy atom. The first-order chi connectivity index (χ1) is 7.42. The first kappa shape index (κ1) is 11.0. The Kier molecular flexibility index (Phi) is 2.45. The van der Waals surface area contributed by atoms with Gasteiger partial charge in [0.15, 0.2) is 0 Å². The summed E-state index contributed by atoms with van der Waals surface area (Å²) in [4.78, 5) is 11.3.